The van der Waals surface area contributed by atoms with Gasteiger partial charge in [0.1, 0.15) is 11.5 Å². The molecule has 1 heterocycles. The van der Waals surface area contributed by atoms with Crippen LogP contribution in [0, 0.1) is 13.8 Å². The van der Waals surface area contributed by atoms with E-state index in [-0.39, 0.29) is 0 Å². The van der Waals surface area contributed by atoms with E-state index in [1.807, 2.05) is 0 Å². The van der Waals surface area contributed by atoms with Crippen molar-refractivity contribution in [2.75, 3.05) is 20.8 Å². The monoisotopic (exact) mass is 377 g/mol. The number of rotatable bonds is 4. The van der Waals surface area contributed by atoms with Gasteiger partial charge in [-0.05, 0) is 101 Å². The molecule has 0 fully saturated rings. The van der Waals surface area contributed by atoms with E-state index < -0.39 is 0 Å². The molecule has 4 rings (SSSR count). The van der Waals surface area contributed by atoms with Crippen molar-refractivity contribution >= 4 is 21.5 Å². The standard InChI is InChI=1S/C25H31NO2/c1-7-17-11-20-21-12-24(27-5)15(3)9-18(21)19-10-16(4)25(28-6)13-22(19)23(20)14-26(17)8-2/h9-10,12-13,17H,7-8,11,14H2,1-6H3. The second-order valence-corrected chi connectivity index (χ2v) is 8.02. The molecule has 0 aromatic heterocycles. The highest BCUT2D eigenvalue weighted by atomic mass is 16.5. The third kappa shape index (κ3) is 2.84. The molecule has 0 aliphatic carbocycles. The second kappa shape index (κ2) is 7.29. The van der Waals surface area contributed by atoms with Crippen LogP contribution in [0.3, 0.4) is 0 Å². The molecular formula is C25H31NO2. The van der Waals surface area contributed by atoms with Gasteiger partial charge in [0.25, 0.3) is 0 Å². The van der Waals surface area contributed by atoms with Gasteiger partial charge < -0.3 is 9.47 Å². The van der Waals surface area contributed by atoms with Crippen molar-refractivity contribution in [3.05, 3.63) is 46.5 Å². The molecule has 0 spiro atoms. The smallest absolute Gasteiger partial charge is 0.122 e. The third-order valence-corrected chi connectivity index (χ3v) is 6.57. The van der Waals surface area contributed by atoms with Crippen LogP contribution >= 0.6 is 0 Å². The Balaban J connectivity index is 2.14. The number of benzene rings is 3. The average molecular weight is 378 g/mol. The Morgan fingerprint density at radius 1 is 0.821 bits per heavy atom. The zero-order valence-corrected chi connectivity index (χ0v) is 18.0. The maximum Gasteiger partial charge on any atom is 0.122 e. The molecule has 28 heavy (non-hydrogen) atoms. The van der Waals surface area contributed by atoms with Gasteiger partial charge in [-0.1, -0.05) is 13.8 Å². The molecule has 3 nitrogen and oxygen atoms in total. The summed E-state index contributed by atoms with van der Waals surface area (Å²) in [6, 6.07) is 9.71. The molecule has 0 N–H and O–H groups in total. The molecule has 3 heteroatoms. The van der Waals surface area contributed by atoms with E-state index in [1.165, 1.54) is 50.2 Å². The van der Waals surface area contributed by atoms with Crippen LogP contribution in [0.2, 0.25) is 0 Å². The Hall–Kier alpha value is -2.26. The Kier molecular flexibility index (Phi) is 4.96. The first-order chi connectivity index (χ1) is 13.5. The summed E-state index contributed by atoms with van der Waals surface area (Å²) in [6.07, 6.45) is 2.27. The highest BCUT2D eigenvalue weighted by Crippen LogP contribution is 2.42. The molecule has 1 aliphatic heterocycles. The van der Waals surface area contributed by atoms with Gasteiger partial charge in [-0.2, -0.15) is 0 Å². The molecule has 148 valence electrons. The lowest BCUT2D eigenvalue weighted by atomic mass is 9.83. The zero-order chi connectivity index (χ0) is 20.0. The van der Waals surface area contributed by atoms with Gasteiger partial charge in [0, 0.05) is 12.6 Å². The van der Waals surface area contributed by atoms with Gasteiger partial charge in [-0.3, -0.25) is 4.90 Å². The fourth-order valence-electron chi connectivity index (χ4n) is 4.97. The summed E-state index contributed by atoms with van der Waals surface area (Å²) >= 11 is 0. The normalized spacial score (nSPS) is 17.1. The lowest BCUT2D eigenvalue weighted by molar-refractivity contribution is 0.178. The molecule has 0 saturated heterocycles. The largest absolute Gasteiger partial charge is 0.496 e. The van der Waals surface area contributed by atoms with Gasteiger partial charge in [-0.15, -0.1) is 0 Å². The molecule has 3 aromatic carbocycles. The van der Waals surface area contributed by atoms with E-state index in [4.69, 9.17) is 9.47 Å². The minimum Gasteiger partial charge on any atom is -0.496 e. The molecule has 1 unspecified atom stereocenters. The second-order valence-electron chi connectivity index (χ2n) is 8.02. The lowest BCUT2D eigenvalue weighted by Gasteiger charge is -2.37. The van der Waals surface area contributed by atoms with Crippen molar-refractivity contribution < 1.29 is 9.47 Å². The number of likely N-dealkylation sites (N-methyl/N-ethyl adjacent to an activating group) is 1. The van der Waals surface area contributed by atoms with Crippen molar-refractivity contribution in [3.63, 3.8) is 0 Å². The van der Waals surface area contributed by atoms with Gasteiger partial charge >= 0.3 is 0 Å². The summed E-state index contributed by atoms with van der Waals surface area (Å²) < 4.78 is 11.4. The SMILES string of the molecule is CCC1Cc2c(c3cc(OC)c(C)cc3c3cc(C)c(OC)cc23)CN1CC. The summed E-state index contributed by atoms with van der Waals surface area (Å²) in [7, 11) is 3.53. The van der Waals surface area contributed by atoms with E-state index in [9.17, 15) is 0 Å². The van der Waals surface area contributed by atoms with Crippen molar-refractivity contribution in [1.82, 2.24) is 4.90 Å². The van der Waals surface area contributed by atoms with Crippen molar-refractivity contribution in [3.8, 4) is 11.5 Å². The molecule has 3 aromatic rings. The summed E-state index contributed by atoms with van der Waals surface area (Å²) in [4.78, 5) is 2.62. The average Bonchev–Trinajstić information content (AvgIpc) is 2.72. The molecule has 1 atom stereocenters. The van der Waals surface area contributed by atoms with Crippen LogP contribution in [0.5, 0.6) is 11.5 Å². The topological polar surface area (TPSA) is 21.7 Å². The van der Waals surface area contributed by atoms with Gasteiger partial charge in [0.2, 0.25) is 0 Å². The van der Waals surface area contributed by atoms with E-state index in [0.29, 0.717) is 6.04 Å². The maximum absolute atomic E-state index is 5.68. The summed E-state index contributed by atoms with van der Waals surface area (Å²) in [5, 5.41) is 5.34. The zero-order valence-electron chi connectivity index (χ0n) is 18.0. The predicted molar refractivity (Wildman–Crippen MR) is 118 cm³/mol. The quantitative estimate of drug-likeness (QED) is 0.538. The first kappa shape index (κ1) is 19.1. The van der Waals surface area contributed by atoms with Crippen molar-refractivity contribution in [2.45, 2.75) is 53.1 Å². The number of aryl methyl sites for hydroxylation is 2. The van der Waals surface area contributed by atoms with Crippen LogP contribution in [-0.2, 0) is 13.0 Å². The van der Waals surface area contributed by atoms with Crippen LogP contribution in [0.4, 0.5) is 0 Å². The van der Waals surface area contributed by atoms with E-state index in [1.54, 1.807) is 14.2 Å². The lowest BCUT2D eigenvalue weighted by Crippen LogP contribution is -2.39. The Morgan fingerprint density at radius 2 is 1.36 bits per heavy atom. The molecule has 0 amide bonds. The Morgan fingerprint density at radius 3 is 1.82 bits per heavy atom. The number of methoxy groups -OCH3 is 2. The van der Waals surface area contributed by atoms with Crippen LogP contribution in [0.15, 0.2) is 24.3 Å². The van der Waals surface area contributed by atoms with Crippen LogP contribution < -0.4 is 9.47 Å². The molecule has 1 aliphatic rings. The van der Waals surface area contributed by atoms with Crippen molar-refractivity contribution in [2.24, 2.45) is 0 Å². The summed E-state index contributed by atoms with van der Waals surface area (Å²) in [5.41, 5.74) is 5.31. The number of fused-ring (bicyclic) bond motifs is 6. The fraction of sp³-hybridized carbons (Fsp3) is 0.440. The van der Waals surface area contributed by atoms with Gasteiger partial charge in [0.05, 0.1) is 14.2 Å². The van der Waals surface area contributed by atoms with Crippen LogP contribution in [0.1, 0.15) is 42.5 Å². The number of hydrogen-bond acceptors (Lipinski definition) is 3. The highest BCUT2D eigenvalue weighted by molar-refractivity contribution is 6.12. The number of hydrogen-bond donors (Lipinski definition) is 0. The van der Waals surface area contributed by atoms with E-state index in [2.05, 4.69) is 56.9 Å². The van der Waals surface area contributed by atoms with E-state index in [0.717, 1.165) is 31.0 Å². The van der Waals surface area contributed by atoms with Crippen LogP contribution in [0.25, 0.3) is 21.5 Å². The first-order valence-corrected chi connectivity index (χ1v) is 10.4. The molecular weight excluding hydrogens is 346 g/mol. The predicted octanol–water partition coefficient (Wildman–Crippen LogP) is 5.78. The van der Waals surface area contributed by atoms with Gasteiger partial charge in [-0.25, -0.2) is 0 Å². The van der Waals surface area contributed by atoms with Gasteiger partial charge in [0.15, 0.2) is 0 Å². The molecule has 0 radical (unpaired) electrons. The molecule has 0 saturated carbocycles. The maximum atomic E-state index is 5.68. The minimum absolute atomic E-state index is 0.595. The molecule has 0 bridgehead atoms. The van der Waals surface area contributed by atoms with Crippen molar-refractivity contribution in [1.29, 1.82) is 0 Å². The Labute approximate surface area is 168 Å². The Bertz CT molecular complexity index is 969. The summed E-state index contributed by atoms with van der Waals surface area (Å²) in [5.74, 6) is 1.95. The number of nitrogens with zero attached hydrogens (tertiary/aromatic N) is 1. The number of ether oxygens (including phenoxy) is 2. The first-order valence-electron chi connectivity index (χ1n) is 10.4. The van der Waals surface area contributed by atoms with E-state index >= 15 is 0 Å². The fourth-order valence-corrected chi connectivity index (χ4v) is 4.97. The third-order valence-electron chi connectivity index (χ3n) is 6.57. The minimum atomic E-state index is 0.595. The summed E-state index contributed by atoms with van der Waals surface area (Å²) in [6.45, 7) is 10.9. The highest BCUT2D eigenvalue weighted by Gasteiger charge is 2.28. The van der Waals surface area contributed by atoms with Crippen LogP contribution in [-0.4, -0.2) is 31.7 Å².